The normalized spacial score (nSPS) is 17.1. The van der Waals surface area contributed by atoms with E-state index in [-0.39, 0.29) is 0 Å². The Hall–Kier alpha value is -2.13. The van der Waals surface area contributed by atoms with Gasteiger partial charge in [0.1, 0.15) is 5.54 Å². The minimum Gasteiger partial charge on any atom is -0.480 e. The zero-order valence-electron chi connectivity index (χ0n) is 11.8. The number of carboxylic acids is 1. The summed E-state index contributed by atoms with van der Waals surface area (Å²) < 4.78 is 0. The molecule has 0 saturated heterocycles. The molecule has 0 aromatic heterocycles. The predicted octanol–water partition coefficient (Wildman–Crippen LogP) is 2.96. The van der Waals surface area contributed by atoms with Crippen molar-refractivity contribution in [3.05, 3.63) is 71.8 Å². The summed E-state index contributed by atoms with van der Waals surface area (Å²) in [6, 6.07) is 19.6. The number of hydrogen-bond donors (Lipinski definition) is 2. The van der Waals surface area contributed by atoms with Crippen LogP contribution in [0.1, 0.15) is 24.0 Å². The van der Waals surface area contributed by atoms with E-state index in [1.54, 1.807) is 0 Å². The van der Waals surface area contributed by atoms with Crippen LogP contribution in [0.4, 0.5) is 0 Å². The molecule has 2 aromatic rings. The van der Waals surface area contributed by atoms with E-state index in [1.807, 2.05) is 60.7 Å². The van der Waals surface area contributed by atoms with Gasteiger partial charge in [0, 0.05) is 12.5 Å². The Bertz CT molecular complexity index is 608. The number of carbonyl (C=O) groups is 1. The molecule has 3 rings (SSSR count). The molecule has 0 heterocycles. The lowest BCUT2D eigenvalue weighted by molar-refractivity contribution is -0.145. The number of benzene rings is 2. The van der Waals surface area contributed by atoms with E-state index in [0.29, 0.717) is 12.5 Å². The fraction of sp³-hybridized carbons (Fsp3) is 0.278. The van der Waals surface area contributed by atoms with Crippen molar-refractivity contribution < 1.29 is 9.90 Å². The average molecular weight is 281 g/mol. The van der Waals surface area contributed by atoms with E-state index in [2.05, 4.69) is 5.32 Å². The molecule has 0 spiro atoms. The zero-order valence-corrected chi connectivity index (χ0v) is 11.8. The zero-order chi connectivity index (χ0) is 14.7. The third-order valence-electron chi connectivity index (χ3n) is 3.97. The predicted molar refractivity (Wildman–Crippen MR) is 82.1 cm³/mol. The SMILES string of the molecule is O=C(O)C(Cc1ccccc1)(NC1CC1)c1ccccc1. The molecule has 3 nitrogen and oxygen atoms in total. The smallest absolute Gasteiger partial charge is 0.328 e. The maximum Gasteiger partial charge on any atom is 0.328 e. The molecular weight excluding hydrogens is 262 g/mol. The molecule has 1 aliphatic carbocycles. The number of aliphatic carboxylic acids is 1. The minimum absolute atomic E-state index is 0.310. The number of nitrogens with one attached hydrogen (secondary N) is 1. The van der Waals surface area contributed by atoms with Gasteiger partial charge in [0.05, 0.1) is 0 Å². The van der Waals surface area contributed by atoms with Gasteiger partial charge < -0.3 is 5.11 Å². The van der Waals surface area contributed by atoms with Crippen molar-refractivity contribution in [1.29, 1.82) is 0 Å². The highest BCUT2D eigenvalue weighted by Gasteiger charge is 2.44. The van der Waals surface area contributed by atoms with Crippen LogP contribution in [0.5, 0.6) is 0 Å². The quantitative estimate of drug-likeness (QED) is 0.856. The lowest BCUT2D eigenvalue weighted by Gasteiger charge is -2.31. The molecule has 2 aromatic carbocycles. The van der Waals surface area contributed by atoms with Gasteiger partial charge >= 0.3 is 5.97 Å². The van der Waals surface area contributed by atoms with Crippen molar-refractivity contribution in [3.63, 3.8) is 0 Å². The highest BCUT2D eigenvalue weighted by molar-refractivity contribution is 5.81. The molecule has 0 bridgehead atoms. The fourth-order valence-electron chi connectivity index (χ4n) is 2.70. The van der Waals surface area contributed by atoms with Crippen LogP contribution in [-0.2, 0) is 16.8 Å². The standard InChI is InChI=1S/C18H19NO2/c20-17(21)18(19-16-11-12-16,15-9-5-2-6-10-15)13-14-7-3-1-4-8-14/h1-10,16,19H,11-13H2,(H,20,21). The summed E-state index contributed by atoms with van der Waals surface area (Å²) in [7, 11) is 0. The topological polar surface area (TPSA) is 49.3 Å². The highest BCUT2D eigenvalue weighted by atomic mass is 16.4. The molecule has 1 fully saturated rings. The van der Waals surface area contributed by atoms with Gasteiger partial charge in [-0.2, -0.15) is 0 Å². The van der Waals surface area contributed by atoms with Gasteiger partial charge in [-0.05, 0) is 24.0 Å². The molecule has 0 amide bonds. The molecule has 1 unspecified atom stereocenters. The van der Waals surface area contributed by atoms with Crippen molar-refractivity contribution in [2.75, 3.05) is 0 Å². The van der Waals surface area contributed by atoms with Gasteiger partial charge in [0.15, 0.2) is 0 Å². The van der Waals surface area contributed by atoms with E-state index in [0.717, 1.165) is 24.0 Å². The number of rotatable bonds is 6. The van der Waals surface area contributed by atoms with Gasteiger partial charge in [-0.3, -0.25) is 5.32 Å². The number of hydrogen-bond acceptors (Lipinski definition) is 2. The second-order valence-corrected chi connectivity index (χ2v) is 5.66. The summed E-state index contributed by atoms with van der Waals surface area (Å²) in [5.41, 5.74) is 0.786. The Balaban J connectivity index is 2.01. The Labute approximate surface area is 124 Å². The Morgan fingerprint density at radius 3 is 2.14 bits per heavy atom. The van der Waals surface area contributed by atoms with E-state index in [1.165, 1.54) is 0 Å². The van der Waals surface area contributed by atoms with Crippen molar-refractivity contribution in [2.45, 2.75) is 30.8 Å². The maximum absolute atomic E-state index is 12.1. The lowest BCUT2D eigenvalue weighted by Crippen LogP contribution is -2.52. The van der Waals surface area contributed by atoms with Gasteiger partial charge in [-0.15, -0.1) is 0 Å². The van der Waals surface area contributed by atoms with Crippen molar-refractivity contribution in [2.24, 2.45) is 0 Å². The first-order chi connectivity index (χ1) is 10.2. The monoisotopic (exact) mass is 281 g/mol. The van der Waals surface area contributed by atoms with Crippen LogP contribution in [0.25, 0.3) is 0 Å². The fourth-order valence-corrected chi connectivity index (χ4v) is 2.70. The largest absolute Gasteiger partial charge is 0.480 e. The molecular formula is C18H19NO2. The summed E-state index contributed by atoms with van der Waals surface area (Å²) in [6.07, 6.45) is 2.55. The van der Waals surface area contributed by atoms with Gasteiger partial charge in [0.2, 0.25) is 0 Å². The molecule has 3 heteroatoms. The molecule has 1 aliphatic rings. The van der Waals surface area contributed by atoms with Gasteiger partial charge in [-0.1, -0.05) is 60.7 Å². The van der Waals surface area contributed by atoms with E-state index in [4.69, 9.17) is 0 Å². The van der Waals surface area contributed by atoms with Gasteiger partial charge in [-0.25, -0.2) is 4.79 Å². The van der Waals surface area contributed by atoms with Crippen LogP contribution in [-0.4, -0.2) is 17.1 Å². The first kappa shape index (κ1) is 13.8. The summed E-state index contributed by atoms with van der Waals surface area (Å²) >= 11 is 0. The van der Waals surface area contributed by atoms with Crippen LogP contribution < -0.4 is 5.32 Å². The highest BCUT2D eigenvalue weighted by Crippen LogP contribution is 2.32. The number of carboxylic acid groups (broad SMARTS) is 1. The van der Waals surface area contributed by atoms with Crippen molar-refractivity contribution >= 4 is 5.97 Å². The molecule has 0 aliphatic heterocycles. The second kappa shape index (κ2) is 5.70. The van der Waals surface area contributed by atoms with Crippen LogP contribution >= 0.6 is 0 Å². The molecule has 108 valence electrons. The lowest BCUT2D eigenvalue weighted by atomic mass is 9.83. The first-order valence-electron chi connectivity index (χ1n) is 7.31. The molecule has 1 saturated carbocycles. The summed E-state index contributed by atoms with van der Waals surface area (Å²) in [4.78, 5) is 12.1. The van der Waals surface area contributed by atoms with Crippen LogP contribution in [0.3, 0.4) is 0 Å². The van der Waals surface area contributed by atoms with Crippen LogP contribution in [0.15, 0.2) is 60.7 Å². The Kier molecular flexibility index (Phi) is 3.76. The summed E-state index contributed by atoms with van der Waals surface area (Å²) in [5.74, 6) is -0.815. The average Bonchev–Trinajstić information content (AvgIpc) is 3.32. The minimum atomic E-state index is -1.05. The second-order valence-electron chi connectivity index (χ2n) is 5.66. The third-order valence-corrected chi connectivity index (χ3v) is 3.97. The first-order valence-corrected chi connectivity index (χ1v) is 7.31. The van der Waals surface area contributed by atoms with E-state index >= 15 is 0 Å². The summed E-state index contributed by atoms with van der Waals surface area (Å²) in [5, 5.41) is 13.3. The van der Waals surface area contributed by atoms with Crippen LogP contribution in [0, 0.1) is 0 Å². The van der Waals surface area contributed by atoms with Crippen molar-refractivity contribution in [3.8, 4) is 0 Å². The molecule has 2 N–H and O–H groups in total. The maximum atomic E-state index is 12.1. The molecule has 21 heavy (non-hydrogen) atoms. The Morgan fingerprint density at radius 2 is 1.62 bits per heavy atom. The molecule has 0 radical (unpaired) electrons. The van der Waals surface area contributed by atoms with E-state index in [9.17, 15) is 9.90 Å². The Morgan fingerprint density at radius 1 is 1.05 bits per heavy atom. The van der Waals surface area contributed by atoms with E-state index < -0.39 is 11.5 Å². The van der Waals surface area contributed by atoms with Crippen molar-refractivity contribution in [1.82, 2.24) is 5.32 Å². The summed E-state index contributed by atoms with van der Waals surface area (Å²) in [6.45, 7) is 0. The van der Waals surface area contributed by atoms with Gasteiger partial charge in [0.25, 0.3) is 0 Å². The van der Waals surface area contributed by atoms with Crippen LogP contribution in [0.2, 0.25) is 0 Å². The third kappa shape index (κ3) is 2.98. The molecule has 1 atom stereocenters.